The first-order valence-corrected chi connectivity index (χ1v) is 7.56. The third kappa shape index (κ3) is 3.14. The molecule has 5 atom stereocenters. The van der Waals surface area contributed by atoms with Gasteiger partial charge in [-0.05, 0) is 38.4 Å². The summed E-state index contributed by atoms with van der Waals surface area (Å²) in [6, 6.07) is 3.55. The van der Waals surface area contributed by atoms with Crippen LogP contribution in [0.15, 0.2) is 16.5 Å². The minimum absolute atomic E-state index is 0.0309. The van der Waals surface area contributed by atoms with Crippen molar-refractivity contribution in [3.8, 4) is 0 Å². The molecule has 0 saturated carbocycles. The number of ether oxygens (including phenoxy) is 2. The average molecular weight is 295 g/mol. The summed E-state index contributed by atoms with van der Waals surface area (Å²) in [6.45, 7) is 9.29. The van der Waals surface area contributed by atoms with Crippen LogP contribution in [-0.4, -0.2) is 31.8 Å². The molecule has 0 radical (unpaired) electrons. The predicted molar refractivity (Wildman–Crippen MR) is 79.1 cm³/mol. The number of hydrogen-bond donors (Lipinski definition) is 1. The second kappa shape index (κ2) is 6.62. The van der Waals surface area contributed by atoms with Gasteiger partial charge in [0, 0.05) is 5.92 Å². The summed E-state index contributed by atoms with van der Waals surface area (Å²) in [5.41, 5.74) is 0. The lowest BCUT2D eigenvalue weighted by Crippen LogP contribution is -2.34. The zero-order chi connectivity index (χ0) is 15.6. The summed E-state index contributed by atoms with van der Waals surface area (Å²) in [5, 5.41) is 3.47. The van der Waals surface area contributed by atoms with E-state index in [1.165, 1.54) is 7.11 Å². The highest BCUT2D eigenvalue weighted by molar-refractivity contribution is 5.86. The first kappa shape index (κ1) is 16.0. The monoisotopic (exact) mass is 295 g/mol. The van der Waals surface area contributed by atoms with Crippen LogP contribution < -0.4 is 5.32 Å². The molecule has 5 heteroatoms. The van der Waals surface area contributed by atoms with Gasteiger partial charge in [-0.15, -0.1) is 0 Å². The van der Waals surface area contributed by atoms with E-state index < -0.39 is 5.97 Å². The summed E-state index contributed by atoms with van der Waals surface area (Å²) < 4.78 is 16.3. The average Bonchev–Trinajstić information content (AvgIpc) is 3.03. The zero-order valence-electron chi connectivity index (χ0n) is 13.4. The normalized spacial score (nSPS) is 30.3. The van der Waals surface area contributed by atoms with Gasteiger partial charge in [-0.2, -0.15) is 0 Å². The van der Waals surface area contributed by atoms with Gasteiger partial charge >= 0.3 is 5.97 Å². The van der Waals surface area contributed by atoms with Crippen molar-refractivity contribution < 1.29 is 18.7 Å². The molecule has 2 heterocycles. The molecule has 1 fully saturated rings. The van der Waals surface area contributed by atoms with E-state index in [4.69, 9.17) is 13.9 Å². The van der Waals surface area contributed by atoms with Crippen LogP contribution in [0.2, 0.25) is 0 Å². The van der Waals surface area contributed by atoms with Crippen molar-refractivity contribution in [2.75, 3.05) is 13.7 Å². The molecule has 1 aliphatic heterocycles. The largest absolute Gasteiger partial charge is 0.463 e. The first-order valence-electron chi connectivity index (χ1n) is 7.56. The molecule has 1 saturated heterocycles. The highest BCUT2D eigenvalue weighted by Crippen LogP contribution is 2.40. The minimum atomic E-state index is -0.450. The molecule has 118 valence electrons. The maximum atomic E-state index is 11.5. The lowest BCUT2D eigenvalue weighted by molar-refractivity contribution is 0.0462. The molecule has 0 aliphatic carbocycles. The van der Waals surface area contributed by atoms with Gasteiger partial charge in [0.05, 0.1) is 25.4 Å². The zero-order valence-corrected chi connectivity index (χ0v) is 13.4. The Balaban J connectivity index is 2.26. The number of hydrogen-bond acceptors (Lipinski definition) is 5. The van der Waals surface area contributed by atoms with Crippen molar-refractivity contribution in [1.29, 1.82) is 0 Å². The molecule has 1 N–H and O–H groups in total. The van der Waals surface area contributed by atoms with E-state index in [2.05, 4.69) is 33.0 Å². The van der Waals surface area contributed by atoms with E-state index in [0.29, 0.717) is 11.8 Å². The Morgan fingerprint density at radius 2 is 2.05 bits per heavy atom. The van der Waals surface area contributed by atoms with Crippen molar-refractivity contribution in [1.82, 2.24) is 5.32 Å². The van der Waals surface area contributed by atoms with E-state index >= 15 is 0 Å². The van der Waals surface area contributed by atoms with Crippen molar-refractivity contribution in [2.24, 2.45) is 11.8 Å². The van der Waals surface area contributed by atoms with Gasteiger partial charge in [0.15, 0.2) is 0 Å². The van der Waals surface area contributed by atoms with E-state index in [0.717, 1.165) is 12.3 Å². The fraction of sp³-hybridized carbons (Fsp3) is 0.688. The van der Waals surface area contributed by atoms with Crippen LogP contribution in [0, 0.1) is 11.8 Å². The van der Waals surface area contributed by atoms with Gasteiger partial charge in [-0.25, -0.2) is 4.79 Å². The number of esters is 1. The number of methoxy groups -OCH3 is 1. The Labute approximate surface area is 126 Å². The fourth-order valence-corrected chi connectivity index (χ4v) is 3.24. The highest BCUT2D eigenvalue weighted by atomic mass is 16.5. The molecule has 0 amide bonds. The SMILES string of the molecule is CCNC(c1ccc(C(=O)OC)o1)C1C(C)OC(C)C1C. The third-order valence-corrected chi connectivity index (χ3v) is 4.45. The standard InChI is InChI=1S/C16H25NO4/c1-6-17-15(14-9(2)10(3)20-11(14)4)12-7-8-13(21-12)16(18)19-5/h7-11,14-15,17H,6H2,1-5H3. The van der Waals surface area contributed by atoms with Crippen LogP contribution in [0.25, 0.3) is 0 Å². The Kier molecular flexibility index (Phi) is 5.06. The molecule has 2 rings (SSSR count). The first-order chi connectivity index (χ1) is 9.99. The van der Waals surface area contributed by atoms with Gasteiger partial charge in [0.25, 0.3) is 0 Å². The van der Waals surface area contributed by atoms with Crippen LogP contribution >= 0.6 is 0 Å². The second-order valence-electron chi connectivity index (χ2n) is 5.71. The number of carbonyl (C=O) groups is 1. The van der Waals surface area contributed by atoms with Gasteiger partial charge < -0.3 is 19.2 Å². The minimum Gasteiger partial charge on any atom is -0.463 e. The lowest BCUT2D eigenvalue weighted by atomic mass is 9.82. The number of furan rings is 1. The van der Waals surface area contributed by atoms with Crippen molar-refractivity contribution in [3.63, 3.8) is 0 Å². The fourth-order valence-electron chi connectivity index (χ4n) is 3.24. The number of carbonyl (C=O) groups excluding carboxylic acids is 1. The highest BCUT2D eigenvalue weighted by Gasteiger charge is 2.43. The van der Waals surface area contributed by atoms with Gasteiger partial charge in [-0.3, -0.25) is 0 Å². The topological polar surface area (TPSA) is 60.7 Å². The van der Waals surface area contributed by atoms with E-state index in [1.54, 1.807) is 6.07 Å². The third-order valence-electron chi connectivity index (χ3n) is 4.45. The molecule has 5 nitrogen and oxygen atoms in total. The molecule has 1 aromatic rings. The molecular formula is C16H25NO4. The van der Waals surface area contributed by atoms with Gasteiger partial charge in [0.1, 0.15) is 5.76 Å². The van der Waals surface area contributed by atoms with Crippen LogP contribution in [0.3, 0.4) is 0 Å². The molecule has 1 aliphatic rings. The summed E-state index contributed by atoms with van der Waals surface area (Å²) in [4.78, 5) is 11.5. The maximum Gasteiger partial charge on any atom is 0.373 e. The molecular weight excluding hydrogens is 270 g/mol. The van der Waals surface area contributed by atoms with Gasteiger partial charge in [0.2, 0.25) is 5.76 Å². The Morgan fingerprint density at radius 1 is 1.33 bits per heavy atom. The van der Waals surface area contributed by atoms with Crippen LogP contribution in [0.4, 0.5) is 0 Å². The van der Waals surface area contributed by atoms with Gasteiger partial charge in [-0.1, -0.05) is 13.8 Å². The maximum absolute atomic E-state index is 11.5. The Bertz CT molecular complexity index is 484. The quantitative estimate of drug-likeness (QED) is 0.846. The van der Waals surface area contributed by atoms with Crippen molar-refractivity contribution in [2.45, 2.75) is 45.9 Å². The molecule has 1 aromatic heterocycles. The predicted octanol–water partition coefficient (Wildman–Crippen LogP) is 2.78. The summed E-state index contributed by atoms with van der Waals surface area (Å²) >= 11 is 0. The summed E-state index contributed by atoms with van der Waals surface area (Å²) in [5.74, 6) is 1.27. The molecule has 21 heavy (non-hydrogen) atoms. The van der Waals surface area contributed by atoms with E-state index in [9.17, 15) is 4.79 Å². The second-order valence-corrected chi connectivity index (χ2v) is 5.71. The molecule has 0 spiro atoms. The van der Waals surface area contributed by atoms with Crippen LogP contribution in [-0.2, 0) is 9.47 Å². The molecule has 0 bridgehead atoms. The van der Waals surface area contributed by atoms with E-state index in [1.807, 2.05) is 6.07 Å². The summed E-state index contributed by atoms with van der Waals surface area (Å²) in [7, 11) is 1.35. The Morgan fingerprint density at radius 3 is 2.57 bits per heavy atom. The van der Waals surface area contributed by atoms with Crippen LogP contribution in [0.5, 0.6) is 0 Å². The van der Waals surface area contributed by atoms with Crippen molar-refractivity contribution >= 4 is 5.97 Å². The Hall–Kier alpha value is -1.33. The van der Waals surface area contributed by atoms with Crippen LogP contribution in [0.1, 0.15) is 50.1 Å². The molecule has 5 unspecified atom stereocenters. The number of nitrogens with one attached hydrogen (secondary N) is 1. The smallest absolute Gasteiger partial charge is 0.373 e. The molecule has 0 aromatic carbocycles. The summed E-state index contributed by atoms with van der Waals surface area (Å²) in [6.07, 6.45) is 0.368. The lowest BCUT2D eigenvalue weighted by Gasteiger charge is -2.28. The van der Waals surface area contributed by atoms with Crippen molar-refractivity contribution in [3.05, 3.63) is 23.7 Å². The number of rotatable bonds is 5. The van der Waals surface area contributed by atoms with E-state index in [-0.39, 0.29) is 24.0 Å².